The van der Waals surface area contributed by atoms with Crippen LogP contribution in [-0.4, -0.2) is 47.5 Å². The minimum absolute atomic E-state index is 0.0432. The van der Waals surface area contributed by atoms with Gasteiger partial charge in [-0.05, 0) is 43.4 Å². The van der Waals surface area contributed by atoms with Crippen LogP contribution < -0.4 is 5.32 Å². The Morgan fingerprint density at radius 3 is 2.68 bits per heavy atom. The van der Waals surface area contributed by atoms with Crippen molar-refractivity contribution < 1.29 is 22.4 Å². The number of fused-ring (bicyclic) bond motifs is 2. The van der Waals surface area contributed by atoms with Crippen LogP contribution in [0, 0.1) is 11.7 Å². The molecule has 34 heavy (non-hydrogen) atoms. The molecule has 1 aromatic carbocycles. The number of anilines is 1. The molecule has 3 fully saturated rings. The molecule has 1 aliphatic carbocycles. The van der Waals surface area contributed by atoms with Crippen LogP contribution in [0.2, 0.25) is 0 Å². The number of amides is 2. The molecule has 178 valence electrons. The Labute approximate surface area is 192 Å². The van der Waals surface area contributed by atoms with Crippen molar-refractivity contribution in [3.8, 4) is 11.4 Å². The lowest BCUT2D eigenvalue weighted by atomic mass is 9.64. The van der Waals surface area contributed by atoms with Gasteiger partial charge in [0, 0.05) is 23.5 Å². The Morgan fingerprint density at radius 2 is 2.00 bits per heavy atom. The normalized spacial score (nSPS) is 24.0. The zero-order valence-corrected chi connectivity index (χ0v) is 18.1. The maximum absolute atomic E-state index is 13.6. The molecule has 0 radical (unpaired) electrons. The average molecular weight is 475 g/mol. The highest BCUT2D eigenvalue weighted by atomic mass is 19.4. The lowest BCUT2D eigenvalue weighted by molar-refractivity contribution is -0.137. The van der Waals surface area contributed by atoms with Gasteiger partial charge in [0.25, 0.3) is 0 Å². The van der Waals surface area contributed by atoms with Gasteiger partial charge in [-0.25, -0.2) is 19.2 Å². The van der Waals surface area contributed by atoms with Crippen LogP contribution in [0.25, 0.3) is 11.4 Å². The number of piperidine rings is 1. The van der Waals surface area contributed by atoms with E-state index in [-0.39, 0.29) is 23.1 Å². The molecule has 0 spiro atoms. The summed E-state index contributed by atoms with van der Waals surface area (Å²) in [7, 11) is 0. The Hall–Kier alpha value is -3.57. The van der Waals surface area contributed by atoms with Crippen molar-refractivity contribution in [3.63, 3.8) is 0 Å². The number of alkyl halides is 3. The average Bonchev–Trinajstić information content (AvgIpc) is 3.25. The highest BCUT2D eigenvalue weighted by Gasteiger charge is 2.58. The maximum Gasteiger partial charge on any atom is 0.417 e. The van der Waals surface area contributed by atoms with Gasteiger partial charge < -0.3 is 10.2 Å². The van der Waals surface area contributed by atoms with E-state index in [9.17, 15) is 22.4 Å². The van der Waals surface area contributed by atoms with Gasteiger partial charge >= 0.3 is 12.2 Å². The second kappa shape index (κ2) is 8.03. The number of benzene rings is 1. The standard InChI is InChI=1S/C22H21F4N7O/c1-13-6-16-9-21(8-13,12-32-5-4-29-31-32)33(16)20(34)30-15-2-3-18(22(24,25)26)17(7-15)19-27-10-14(23)11-28-19/h2-5,7,10-11,13,16H,6,8-9,12H2,1H3,(H,30,34). The second-order valence-corrected chi connectivity index (χ2v) is 9.01. The van der Waals surface area contributed by atoms with Crippen LogP contribution in [0.15, 0.2) is 43.0 Å². The summed E-state index contributed by atoms with van der Waals surface area (Å²) in [4.78, 5) is 22.4. The van der Waals surface area contributed by atoms with Crippen molar-refractivity contribution in [1.29, 1.82) is 0 Å². The SMILES string of the molecule is CC1CC2CC(Cn3ccnn3)(C1)N2C(=O)Nc1ccc(C(F)(F)F)c(-c2ncc(F)cn2)c1. The molecule has 8 nitrogen and oxygen atoms in total. The van der Waals surface area contributed by atoms with Gasteiger partial charge in [-0.3, -0.25) is 4.68 Å². The van der Waals surface area contributed by atoms with Crippen molar-refractivity contribution in [2.24, 2.45) is 5.92 Å². The van der Waals surface area contributed by atoms with Crippen molar-refractivity contribution in [2.75, 3.05) is 5.32 Å². The van der Waals surface area contributed by atoms with Gasteiger partial charge in [0.05, 0.1) is 36.2 Å². The van der Waals surface area contributed by atoms with Gasteiger partial charge in [-0.1, -0.05) is 12.1 Å². The molecule has 1 N–H and O–H groups in total. The molecule has 2 aromatic heterocycles. The molecule has 4 heterocycles. The monoisotopic (exact) mass is 475 g/mol. The largest absolute Gasteiger partial charge is 0.417 e. The van der Waals surface area contributed by atoms with Crippen LogP contribution in [0.4, 0.5) is 28.0 Å². The van der Waals surface area contributed by atoms with Gasteiger partial charge in [0.15, 0.2) is 11.6 Å². The lowest BCUT2D eigenvalue weighted by Gasteiger charge is -2.63. The molecular weight excluding hydrogens is 454 g/mol. The number of nitrogens with one attached hydrogen (secondary N) is 1. The summed E-state index contributed by atoms with van der Waals surface area (Å²) in [5, 5.41) is 10.6. The van der Waals surface area contributed by atoms with Crippen LogP contribution >= 0.6 is 0 Å². The summed E-state index contributed by atoms with van der Waals surface area (Å²) in [5.74, 6) is -0.625. The molecule has 2 amide bonds. The number of hydrogen-bond acceptors (Lipinski definition) is 5. The number of halogens is 4. The van der Waals surface area contributed by atoms with E-state index in [0.29, 0.717) is 12.5 Å². The van der Waals surface area contributed by atoms with Crippen molar-refractivity contribution in [1.82, 2.24) is 29.9 Å². The number of aromatic nitrogens is 5. The maximum atomic E-state index is 13.6. The molecule has 1 saturated carbocycles. The quantitative estimate of drug-likeness (QED) is 0.567. The fraction of sp³-hybridized carbons (Fsp3) is 0.409. The van der Waals surface area contributed by atoms with Crippen LogP contribution in [-0.2, 0) is 12.7 Å². The first kappa shape index (κ1) is 22.2. The van der Waals surface area contributed by atoms with E-state index >= 15 is 0 Å². The molecule has 2 saturated heterocycles. The first-order valence-electron chi connectivity index (χ1n) is 10.8. The van der Waals surface area contributed by atoms with E-state index < -0.39 is 29.1 Å². The zero-order valence-electron chi connectivity index (χ0n) is 18.1. The highest BCUT2D eigenvalue weighted by molar-refractivity contribution is 5.92. The van der Waals surface area contributed by atoms with E-state index in [2.05, 4.69) is 32.5 Å². The first-order valence-corrected chi connectivity index (χ1v) is 10.8. The Kier molecular flexibility index (Phi) is 5.25. The predicted molar refractivity (Wildman–Crippen MR) is 113 cm³/mol. The Balaban J connectivity index is 1.43. The smallest absolute Gasteiger partial charge is 0.314 e. The molecule has 2 aliphatic heterocycles. The summed E-state index contributed by atoms with van der Waals surface area (Å²) < 4.78 is 55.7. The summed E-state index contributed by atoms with van der Waals surface area (Å²) in [6, 6.07) is 2.87. The fourth-order valence-electron chi connectivity index (χ4n) is 5.36. The van der Waals surface area contributed by atoms with Crippen LogP contribution in [0.3, 0.4) is 0 Å². The van der Waals surface area contributed by atoms with E-state index in [0.717, 1.165) is 43.8 Å². The van der Waals surface area contributed by atoms with Gasteiger partial charge in [0.1, 0.15) is 0 Å². The molecule has 3 aromatic rings. The first-order chi connectivity index (χ1) is 16.1. The minimum atomic E-state index is -4.68. The molecule has 2 bridgehead atoms. The Morgan fingerprint density at radius 1 is 1.24 bits per heavy atom. The minimum Gasteiger partial charge on any atom is -0.314 e. The third-order valence-corrected chi connectivity index (χ3v) is 6.48. The molecule has 3 aliphatic rings. The summed E-state index contributed by atoms with van der Waals surface area (Å²) in [5.41, 5.74) is -1.60. The van der Waals surface area contributed by atoms with E-state index in [1.165, 1.54) is 6.07 Å². The van der Waals surface area contributed by atoms with E-state index in [1.54, 1.807) is 22.0 Å². The predicted octanol–water partition coefficient (Wildman–Crippen LogP) is 4.37. The lowest BCUT2D eigenvalue weighted by Crippen LogP contribution is -2.73. The molecule has 6 rings (SSSR count). The van der Waals surface area contributed by atoms with Crippen molar-refractivity contribution in [2.45, 2.75) is 50.5 Å². The summed E-state index contributed by atoms with van der Waals surface area (Å²) in [6.45, 7) is 2.63. The number of hydrogen-bond donors (Lipinski definition) is 1. The molecule has 12 heteroatoms. The zero-order chi connectivity index (χ0) is 24.1. The number of rotatable bonds is 4. The third-order valence-electron chi connectivity index (χ3n) is 6.48. The number of nitrogens with zero attached hydrogens (tertiary/aromatic N) is 6. The second-order valence-electron chi connectivity index (χ2n) is 9.01. The number of carbonyl (C=O) groups is 1. The van der Waals surface area contributed by atoms with Gasteiger partial charge in [0.2, 0.25) is 0 Å². The van der Waals surface area contributed by atoms with E-state index in [4.69, 9.17) is 0 Å². The van der Waals surface area contributed by atoms with Crippen molar-refractivity contribution in [3.05, 3.63) is 54.4 Å². The molecule has 3 atom stereocenters. The molecule has 3 unspecified atom stereocenters. The summed E-state index contributed by atoms with van der Waals surface area (Å²) in [6.07, 6.45) is 2.70. The number of urea groups is 1. The fourth-order valence-corrected chi connectivity index (χ4v) is 5.36. The third kappa shape index (κ3) is 3.97. The van der Waals surface area contributed by atoms with Crippen LogP contribution in [0.5, 0.6) is 0 Å². The van der Waals surface area contributed by atoms with Crippen molar-refractivity contribution >= 4 is 11.7 Å². The van der Waals surface area contributed by atoms with Gasteiger partial charge in [-0.15, -0.1) is 5.10 Å². The van der Waals surface area contributed by atoms with Gasteiger partial charge in [-0.2, -0.15) is 13.2 Å². The summed E-state index contributed by atoms with van der Waals surface area (Å²) >= 11 is 0. The molecular formula is C22H21F4N7O. The van der Waals surface area contributed by atoms with E-state index in [1.807, 2.05) is 0 Å². The van der Waals surface area contributed by atoms with Crippen LogP contribution in [0.1, 0.15) is 31.7 Å². The highest BCUT2D eigenvalue weighted by Crippen LogP contribution is 2.50. The Bertz CT molecular complexity index is 1200. The topological polar surface area (TPSA) is 88.8 Å². The number of carbonyl (C=O) groups excluding carboxylic acids is 1.